The van der Waals surface area contributed by atoms with Crippen LogP contribution in [0.1, 0.15) is 21.9 Å². The zero-order valence-corrected chi connectivity index (χ0v) is 10.7. The molecule has 100 valence electrons. The van der Waals surface area contributed by atoms with Gasteiger partial charge in [-0.15, -0.1) is 0 Å². The van der Waals surface area contributed by atoms with Gasteiger partial charge in [0.1, 0.15) is 11.6 Å². The number of furan rings is 1. The van der Waals surface area contributed by atoms with E-state index in [2.05, 4.69) is 0 Å². The van der Waals surface area contributed by atoms with Gasteiger partial charge in [-0.1, -0.05) is 18.2 Å². The monoisotopic (exact) mass is 282 g/mol. The molecule has 1 unspecified atom stereocenters. The SMILES string of the molecule is O=C(O)c1ccc(CS(=O)Cc2ccccc2F)o1. The van der Waals surface area contributed by atoms with E-state index in [1.54, 1.807) is 18.2 Å². The quantitative estimate of drug-likeness (QED) is 0.915. The Bertz CT molecular complexity index is 621. The zero-order chi connectivity index (χ0) is 13.8. The van der Waals surface area contributed by atoms with E-state index in [0.29, 0.717) is 11.3 Å². The third kappa shape index (κ3) is 3.51. The lowest BCUT2D eigenvalue weighted by Crippen LogP contribution is -2.01. The molecular weight excluding hydrogens is 271 g/mol. The van der Waals surface area contributed by atoms with Crippen molar-refractivity contribution in [1.29, 1.82) is 0 Å². The van der Waals surface area contributed by atoms with Crippen LogP contribution in [0.25, 0.3) is 0 Å². The number of hydrogen-bond acceptors (Lipinski definition) is 3. The molecule has 1 atom stereocenters. The molecule has 0 radical (unpaired) electrons. The summed E-state index contributed by atoms with van der Waals surface area (Å²) in [5.41, 5.74) is 0.367. The van der Waals surface area contributed by atoms with Crippen molar-refractivity contribution in [2.45, 2.75) is 11.5 Å². The Kier molecular flexibility index (Phi) is 4.11. The van der Waals surface area contributed by atoms with Crippen molar-refractivity contribution in [3.05, 3.63) is 59.3 Å². The van der Waals surface area contributed by atoms with Crippen LogP contribution in [0.15, 0.2) is 40.8 Å². The Morgan fingerprint density at radius 1 is 1.21 bits per heavy atom. The lowest BCUT2D eigenvalue weighted by Gasteiger charge is -2.02. The van der Waals surface area contributed by atoms with Gasteiger partial charge in [-0.3, -0.25) is 4.21 Å². The molecule has 0 aliphatic carbocycles. The van der Waals surface area contributed by atoms with Crippen LogP contribution in [-0.4, -0.2) is 15.3 Å². The smallest absolute Gasteiger partial charge is 0.371 e. The molecule has 1 heterocycles. The van der Waals surface area contributed by atoms with Crippen LogP contribution in [0, 0.1) is 5.82 Å². The fourth-order valence-corrected chi connectivity index (χ4v) is 2.72. The van der Waals surface area contributed by atoms with Crippen LogP contribution in [0.5, 0.6) is 0 Å². The molecule has 1 aromatic carbocycles. The van der Waals surface area contributed by atoms with Gasteiger partial charge < -0.3 is 9.52 Å². The topological polar surface area (TPSA) is 67.5 Å². The van der Waals surface area contributed by atoms with E-state index < -0.39 is 22.6 Å². The van der Waals surface area contributed by atoms with Gasteiger partial charge in [-0.2, -0.15) is 0 Å². The normalized spacial score (nSPS) is 12.3. The van der Waals surface area contributed by atoms with Crippen LogP contribution < -0.4 is 0 Å². The highest BCUT2D eigenvalue weighted by molar-refractivity contribution is 7.83. The summed E-state index contributed by atoms with van der Waals surface area (Å²) in [7, 11) is -1.36. The lowest BCUT2D eigenvalue weighted by atomic mass is 10.2. The highest BCUT2D eigenvalue weighted by Gasteiger charge is 2.12. The van der Waals surface area contributed by atoms with Crippen molar-refractivity contribution in [2.24, 2.45) is 0 Å². The average molecular weight is 282 g/mol. The van der Waals surface area contributed by atoms with E-state index >= 15 is 0 Å². The van der Waals surface area contributed by atoms with Gasteiger partial charge in [0.15, 0.2) is 0 Å². The van der Waals surface area contributed by atoms with Gasteiger partial charge in [-0.05, 0) is 18.2 Å². The standard InChI is InChI=1S/C13H11FO4S/c14-11-4-2-1-3-9(11)7-19(17)8-10-5-6-12(18-10)13(15)16/h1-6H,7-8H2,(H,15,16). The first kappa shape index (κ1) is 13.5. The molecule has 0 saturated heterocycles. The van der Waals surface area contributed by atoms with Crippen molar-refractivity contribution in [1.82, 2.24) is 0 Å². The molecule has 0 bridgehead atoms. The summed E-state index contributed by atoms with van der Waals surface area (Å²) in [6.07, 6.45) is 0. The van der Waals surface area contributed by atoms with Crippen LogP contribution >= 0.6 is 0 Å². The van der Waals surface area contributed by atoms with E-state index in [1.807, 2.05) is 0 Å². The number of carboxylic acid groups (broad SMARTS) is 1. The minimum absolute atomic E-state index is 0.0572. The van der Waals surface area contributed by atoms with Crippen molar-refractivity contribution in [2.75, 3.05) is 0 Å². The van der Waals surface area contributed by atoms with Crippen molar-refractivity contribution in [3.63, 3.8) is 0 Å². The number of carboxylic acids is 1. The fraction of sp³-hybridized carbons (Fsp3) is 0.154. The minimum Gasteiger partial charge on any atom is -0.475 e. The highest BCUT2D eigenvalue weighted by Crippen LogP contribution is 2.14. The molecule has 1 aromatic heterocycles. The summed E-state index contributed by atoms with van der Waals surface area (Å²) < 4.78 is 30.2. The molecule has 0 spiro atoms. The molecule has 6 heteroatoms. The second-order valence-electron chi connectivity index (χ2n) is 3.89. The van der Waals surface area contributed by atoms with Gasteiger partial charge in [0.2, 0.25) is 5.76 Å². The molecule has 4 nitrogen and oxygen atoms in total. The number of hydrogen-bond donors (Lipinski definition) is 1. The van der Waals surface area contributed by atoms with Gasteiger partial charge in [-0.25, -0.2) is 9.18 Å². The highest BCUT2D eigenvalue weighted by atomic mass is 32.2. The van der Waals surface area contributed by atoms with E-state index in [1.165, 1.54) is 18.2 Å². The van der Waals surface area contributed by atoms with Crippen molar-refractivity contribution >= 4 is 16.8 Å². The van der Waals surface area contributed by atoms with Gasteiger partial charge in [0, 0.05) is 16.4 Å². The summed E-state index contributed by atoms with van der Waals surface area (Å²) in [5, 5.41) is 8.68. The molecule has 0 saturated carbocycles. The third-order valence-corrected chi connectivity index (χ3v) is 3.69. The maximum absolute atomic E-state index is 13.4. The van der Waals surface area contributed by atoms with Gasteiger partial charge >= 0.3 is 5.97 Å². The Morgan fingerprint density at radius 3 is 2.58 bits per heavy atom. The Balaban J connectivity index is 2.01. The maximum atomic E-state index is 13.4. The number of halogens is 1. The average Bonchev–Trinajstić information content (AvgIpc) is 2.80. The number of carbonyl (C=O) groups is 1. The van der Waals surface area contributed by atoms with Crippen molar-refractivity contribution in [3.8, 4) is 0 Å². The molecule has 2 rings (SSSR count). The lowest BCUT2D eigenvalue weighted by molar-refractivity contribution is 0.0661. The summed E-state index contributed by atoms with van der Waals surface area (Å²) >= 11 is 0. The summed E-state index contributed by atoms with van der Waals surface area (Å²) in [6.45, 7) is 0. The molecule has 0 fully saturated rings. The first-order chi connectivity index (χ1) is 9.06. The minimum atomic E-state index is -1.36. The fourth-order valence-electron chi connectivity index (χ4n) is 1.57. The summed E-state index contributed by atoms with van der Waals surface area (Å²) in [5.74, 6) is -1.34. The molecule has 0 amide bonds. The van der Waals surface area contributed by atoms with E-state index in [9.17, 15) is 13.4 Å². The third-order valence-electron chi connectivity index (χ3n) is 2.45. The van der Waals surface area contributed by atoms with Gasteiger partial charge in [0.05, 0.1) is 11.5 Å². The van der Waals surface area contributed by atoms with Crippen LogP contribution in [0.4, 0.5) is 4.39 Å². The van der Waals surface area contributed by atoms with Crippen LogP contribution in [0.2, 0.25) is 0 Å². The molecule has 2 aromatic rings. The molecule has 0 aliphatic heterocycles. The second kappa shape index (κ2) is 5.79. The predicted octanol–water partition coefficient (Wildman–Crippen LogP) is 2.57. The zero-order valence-electron chi connectivity index (χ0n) is 9.84. The molecular formula is C13H11FO4S. The first-order valence-electron chi connectivity index (χ1n) is 5.46. The van der Waals surface area contributed by atoms with Crippen LogP contribution in [0.3, 0.4) is 0 Å². The Hall–Kier alpha value is -1.95. The van der Waals surface area contributed by atoms with Crippen LogP contribution in [-0.2, 0) is 22.3 Å². The largest absolute Gasteiger partial charge is 0.475 e. The second-order valence-corrected chi connectivity index (χ2v) is 5.35. The van der Waals surface area contributed by atoms with E-state index in [4.69, 9.17) is 9.52 Å². The van der Waals surface area contributed by atoms with Crippen molar-refractivity contribution < 1.29 is 22.9 Å². The number of rotatable bonds is 5. The van der Waals surface area contributed by atoms with E-state index in [-0.39, 0.29) is 17.3 Å². The Labute approximate surface area is 111 Å². The van der Waals surface area contributed by atoms with E-state index in [0.717, 1.165) is 0 Å². The maximum Gasteiger partial charge on any atom is 0.371 e. The first-order valence-corrected chi connectivity index (χ1v) is 6.95. The Morgan fingerprint density at radius 2 is 1.95 bits per heavy atom. The predicted molar refractivity (Wildman–Crippen MR) is 67.6 cm³/mol. The molecule has 0 aliphatic rings. The summed E-state index contributed by atoms with van der Waals surface area (Å²) in [4.78, 5) is 10.6. The number of benzene rings is 1. The number of aromatic carboxylic acids is 1. The van der Waals surface area contributed by atoms with Gasteiger partial charge in [0.25, 0.3) is 0 Å². The molecule has 19 heavy (non-hydrogen) atoms. The summed E-state index contributed by atoms with van der Waals surface area (Å²) in [6, 6.07) is 8.87. The molecule has 1 N–H and O–H groups in total.